The molecule has 0 amide bonds. The highest BCUT2D eigenvalue weighted by atomic mass is 16.5. The number of hydrogen-bond donors (Lipinski definition) is 2. The predicted molar refractivity (Wildman–Crippen MR) is 78.5 cm³/mol. The fourth-order valence-electron chi connectivity index (χ4n) is 2.50. The lowest BCUT2D eigenvalue weighted by atomic mass is 10.1. The lowest BCUT2D eigenvalue weighted by molar-refractivity contribution is 0.0134. The third-order valence-electron chi connectivity index (χ3n) is 3.65. The molecule has 2 rings (SSSR count). The van der Waals surface area contributed by atoms with Crippen LogP contribution in [0.3, 0.4) is 0 Å². The van der Waals surface area contributed by atoms with Crippen LogP contribution in [0.15, 0.2) is 0 Å². The van der Waals surface area contributed by atoms with Gasteiger partial charge in [-0.25, -0.2) is 4.68 Å². The van der Waals surface area contributed by atoms with Gasteiger partial charge in [0.15, 0.2) is 0 Å². The number of anilines is 2. The fourth-order valence-corrected chi connectivity index (χ4v) is 2.50. The smallest absolute Gasteiger partial charge is 0.148 e. The van der Waals surface area contributed by atoms with Gasteiger partial charge in [-0.2, -0.15) is 5.10 Å². The van der Waals surface area contributed by atoms with E-state index in [-0.39, 0.29) is 0 Å². The number of ether oxygens (including phenoxy) is 1. The van der Waals surface area contributed by atoms with Gasteiger partial charge in [0.2, 0.25) is 0 Å². The molecule has 1 aliphatic heterocycles. The Bertz CT molecular complexity index is 408. The van der Waals surface area contributed by atoms with E-state index in [9.17, 15) is 0 Å². The SMILES string of the molecule is Cc1nn(C(C)C)c(NCCC2CCCCO2)c1N. The first-order valence-electron chi connectivity index (χ1n) is 7.29. The van der Waals surface area contributed by atoms with E-state index in [1.54, 1.807) is 0 Å². The Kier molecular flexibility index (Phi) is 4.69. The molecule has 3 N–H and O–H groups in total. The van der Waals surface area contributed by atoms with Crippen LogP contribution >= 0.6 is 0 Å². The molecule has 0 radical (unpaired) electrons. The summed E-state index contributed by atoms with van der Waals surface area (Å²) in [6.07, 6.45) is 5.10. The van der Waals surface area contributed by atoms with Gasteiger partial charge in [0.1, 0.15) is 5.82 Å². The average Bonchev–Trinajstić information content (AvgIpc) is 2.68. The molecule has 1 aromatic rings. The van der Waals surface area contributed by atoms with Crippen molar-refractivity contribution in [3.05, 3.63) is 5.69 Å². The van der Waals surface area contributed by atoms with Crippen molar-refractivity contribution in [1.82, 2.24) is 9.78 Å². The summed E-state index contributed by atoms with van der Waals surface area (Å²) in [5, 5.41) is 7.90. The molecule has 0 aliphatic carbocycles. The molecule has 1 atom stereocenters. The van der Waals surface area contributed by atoms with Gasteiger partial charge in [-0.05, 0) is 46.5 Å². The fraction of sp³-hybridized carbons (Fsp3) is 0.786. The van der Waals surface area contributed by atoms with Gasteiger partial charge in [0.25, 0.3) is 0 Å². The van der Waals surface area contributed by atoms with Crippen molar-refractivity contribution in [1.29, 1.82) is 0 Å². The van der Waals surface area contributed by atoms with Crippen LogP contribution in [0.4, 0.5) is 11.5 Å². The summed E-state index contributed by atoms with van der Waals surface area (Å²) in [5.41, 5.74) is 7.74. The van der Waals surface area contributed by atoms with Gasteiger partial charge in [-0.1, -0.05) is 0 Å². The van der Waals surface area contributed by atoms with Crippen molar-refractivity contribution in [2.75, 3.05) is 24.2 Å². The van der Waals surface area contributed by atoms with Crippen molar-refractivity contribution >= 4 is 11.5 Å². The molecule has 0 saturated carbocycles. The van der Waals surface area contributed by atoms with Crippen molar-refractivity contribution in [2.24, 2.45) is 0 Å². The molecule has 108 valence electrons. The van der Waals surface area contributed by atoms with E-state index in [1.165, 1.54) is 19.3 Å². The molecule has 0 bridgehead atoms. The van der Waals surface area contributed by atoms with Crippen LogP contribution < -0.4 is 11.1 Å². The largest absolute Gasteiger partial charge is 0.394 e. The third kappa shape index (κ3) is 3.41. The second-order valence-electron chi connectivity index (χ2n) is 5.59. The predicted octanol–water partition coefficient (Wildman–Crippen LogP) is 2.73. The summed E-state index contributed by atoms with van der Waals surface area (Å²) in [6, 6.07) is 0.310. The van der Waals surface area contributed by atoms with E-state index in [2.05, 4.69) is 24.3 Å². The summed E-state index contributed by atoms with van der Waals surface area (Å²) in [6.45, 7) is 7.97. The quantitative estimate of drug-likeness (QED) is 0.860. The van der Waals surface area contributed by atoms with Crippen LogP contribution in [0.1, 0.15) is 51.3 Å². The first kappa shape index (κ1) is 14.2. The Hall–Kier alpha value is -1.23. The summed E-state index contributed by atoms with van der Waals surface area (Å²) < 4.78 is 7.70. The standard InChI is InChI=1S/C14H26N4O/c1-10(2)18-14(13(15)11(3)17-18)16-8-7-12-6-4-5-9-19-12/h10,12,16H,4-9,15H2,1-3H3. The minimum atomic E-state index is 0.310. The molecule has 2 heterocycles. The van der Waals surface area contributed by atoms with Crippen molar-refractivity contribution in [3.8, 4) is 0 Å². The monoisotopic (exact) mass is 266 g/mol. The Morgan fingerprint density at radius 2 is 2.26 bits per heavy atom. The normalized spacial score (nSPS) is 19.9. The summed E-state index contributed by atoms with van der Waals surface area (Å²) in [7, 11) is 0. The zero-order chi connectivity index (χ0) is 13.8. The Labute approximate surface area is 115 Å². The number of rotatable bonds is 5. The maximum Gasteiger partial charge on any atom is 0.148 e. The number of nitrogen functional groups attached to an aromatic ring is 1. The van der Waals surface area contributed by atoms with Gasteiger partial charge >= 0.3 is 0 Å². The Morgan fingerprint density at radius 3 is 2.89 bits per heavy atom. The van der Waals surface area contributed by atoms with Gasteiger partial charge in [-0.15, -0.1) is 0 Å². The van der Waals surface area contributed by atoms with Gasteiger partial charge in [-0.3, -0.25) is 0 Å². The van der Waals surface area contributed by atoms with E-state index in [0.717, 1.165) is 36.8 Å². The molecular weight excluding hydrogens is 240 g/mol. The van der Waals surface area contributed by atoms with Gasteiger partial charge in [0, 0.05) is 19.2 Å². The zero-order valence-electron chi connectivity index (χ0n) is 12.3. The van der Waals surface area contributed by atoms with E-state index >= 15 is 0 Å². The summed E-state index contributed by atoms with van der Waals surface area (Å²) in [5.74, 6) is 0.948. The highest BCUT2D eigenvalue weighted by molar-refractivity contribution is 5.64. The molecule has 1 fully saturated rings. The first-order valence-corrected chi connectivity index (χ1v) is 7.29. The number of nitrogens with one attached hydrogen (secondary N) is 1. The molecule has 1 aliphatic rings. The van der Waals surface area contributed by atoms with E-state index < -0.39 is 0 Å². The van der Waals surface area contributed by atoms with Crippen molar-refractivity contribution < 1.29 is 4.74 Å². The van der Waals surface area contributed by atoms with E-state index in [0.29, 0.717) is 12.1 Å². The molecule has 19 heavy (non-hydrogen) atoms. The second kappa shape index (κ2) is 6.28. The van der Waals surface area contributed by atoms with E-state index in [1.807, 2.05) is 11.6 Å². The van der Waals surface area contributed by atoms with Gasteiger partial charge < -0.3 is 15.8 Å². The highest BCUT2D eigenvalue weighted by Gasteiger charge is 2.16. The number of nitrogens with two attached hydrogens (primary N) is 1. The van der Waals surface area contributed by atoms with Crippen molar-refractivity contribution in [2.45, 2.75) is 58.6 Å². The van der Waals surface area contributed by atoms with Gasteiger partial charge in [0.05, 0.1) is 17.5 Å². The molecule has 1 unspecified atom stereocenters. The molecule has 1 saturated heterocycles. The first-order chi connectivity index (χ1) is 9.09. The topological polar surface area (TPSA) is 65.1 Å². The van der Waals surface area contributed by atoms with Crippen LogP contribution in [0.2, 0.25) is 0 Å². The van der Waals surface area contributed by atoms with Crippen molar-refractivity contribution in [3.63, 3.8) is 0 Å². The van der Waals surface area contributed by atoms with E-state index in [4.69, 9.17) is 10.5 Å². The summed E-state index contributed by atoms with van der Waals surface area (Å²) >= 11 is 0. The lowest BCUT2D eigenvalue weighted by Gasteiger charge is -2.23. The molecule has 5 nitrogen and oxygen atoms in total. The minimum absolute atomic E-state index is 0.310. The third-order valence-corrected chi connectivity index (χ3v) is 3.65. The Balaban J connectivity index is 1.91. The van der Waals surface area contributed by atoms with Crippen LogP contribution in [0.25, 0.3) is 0 Å². The second-order valence-corrected chi connectivity index (χ2v) is 5.59. The van der Waals surface area contributed by atoms with Crippen LogP contribution in [0.5, 0.6) is 0 Å². The van der Waals surface area contributed by atoms with Crippen LogP contribution in [-0.2, 0) is 4.74 Å². The maximum absolute atomic E-state index is 6.08. The average molecular weight is 266 g/mol. The summed E-state index contributed by atoms with van der Waals surface area (Å²) in [4.78, 5) is 0. The molecule has 1 aromatic heterocycles. The number of aryl methyl sites for hydroxylation is 1. The minimum Gasteiger partial charge on any atom is -0.394 e. The molecular formula is C14H26N4O. The molecule has 0 aromatic carbocycles. The maximum atomic E-state index is 6.08. The molecule has 5 heteroatoms. The highest BCUT2D eigenvalue weighted by Crippen LogP contribution is 2.25. The number of hydrogen-bond acceptors (Lipinski definition) is 4. The molecule has 0 spiro atoms. The number of nitrogens with zero attached hydrogens (tertiary/aromatic N) is 2. The number of aromatic nitrogens is 2. The van der Waals surface area contributed by atoms with Crippen LogP contribution in [-0.4, -0.2) is 29.0 Å². The lowest BCUT2D eigenvalue weighted by Crippen LogP contribution is -2.22. The van der Waals surface area contributed by atoms with Crippen LogP contribution in [0, 0.1) is 6.92 Å². The Morgan fingerprint density at radius 1 is 1.47 bits per heavy atom. The zero-order valence-corrected chi connectivity index (χ0v) is 12.3.